The molecule has 0 bridgehead atoms. The highest BCUT2D eigenvalue weighted by molar-refractivity contribution is 5.71. The molecule has 0 fully saturated rings. The first-order chi connectivity index (χ1) is 22.0. The van der Waals surface area contributed by atoms with E-state index in [-0.39, 0.29) is 59.7 Å². The molecule has 0 saturated heterocycles. The van der Waals surface area contributed by atoms with Crippen molar-refractivity contribution in [2.24, 2.45) is 0 Å². The maximum absolute atomic E-state index is 12.4. The topological polar surface area (TPSA) is 93.1 Å². The van der Waals surface area contributed by atoms with Crippen LogP contribution in [0.2, 0.25) is 0 Å². The second-order valence-corrected chi connectivity index (χ2v) is 15.5. The van der Waals surface area contributed by atoms with Gasteiger partial charge in [0.15, 0.2) is 0 Å². The minimum Gasteiger partial charge on any atom is -0.507 e. The van der Waals surface area contributed by atoms with Gasteiger partial charge in [0.2, 0.25) is 0 Å². The first kappa shape index (κ1) is 46.3. The van der Waals surface area contributed by atoms with Gasteiger partial charge in [-0.1, -0.05) is 107 Å². The van der Waals surface area contributed by atoms with E-state index in [1.165, 1.54) is 0 Å². The van der Waals surface area contributed by atoms with Gasteiger partial charge in [-0.2, -0.15) is 0 Å². The summed E-state index contributed by atoms with van der Waals surface area (Å²) in [4.78, 5) is 24.8. The number of esters is 2. The summed E-state index contributed by atoms with van der Waals surface area (Å²) in [6.45, 7) is 42.7. The predicted molar refractivity (Wildman–Crippen MR) is 203 cm³/mol. The highest BCUT2D eigenvalue weighted by atomic mass is 16.6. The average Bonchev–Trinajstić information content (AvgIpc) is 2.99. The second kappa shape index (κ2) is 19.9. The first-order valence-corrected chi connectivity index (χ1v) is 16.6. The van der Waals surface area contributed by atoms with E-state index in [1.807, 2.05) is 24.3 Å². The Bertz CT molecular complexity index is 1140. The van der Waals surface area contributed by atoms with E-state index in [2.05, 4.69) is 123 Å². The van der Waals surface area contributed by atoms with Gasteiger partial charge in [-0.05, 0) is 67.9 Å². The molecule has 0 heterocycles. The lowest BCUT2D eigenvalue weighted by atomic mass is 9.78. The Balaban J connectivity index is 0. The lowest BCUT2D eigenvalue weighted by Gasteiger charge is -2.28. The molecule has 0 radical (unpaired) electrons. The third-order valence-corrected chi connectivity index (χ3v) is 7.42. The number of rotatable bonds is 9. The van der Waals surface area contributed by atoms with Gasteiger partial charge in [0.1, 0.15) is 24.7 Å². The number of carbonyl (C=O) groups is 2. The Labute approximate surface area is 293 Å². The molecule has 48 heavy (non-hydrogen) atoms. The van der Waals surface area contributed by atoms with Crippen molar-refractivity contribution in [1.82, 2.24) is 0 Å². The van der Waals surface area contributed by atoms with Gasteiger partial charge in [0, 0.05) is 12.8 Å². The fraction of sp³-hybridized carbons (Fsp3) is 0.524. The van der Waals surface area contributed by atoms with Crippen LogP contribution < -0.4 is 0 Å². The summed E-state index contributed by atoms with van der Waals surface area (Å²) >= 11 is 0. The smallest absolute Gasteiger partial charge is 0.306 e. The monoisotopic (exact) mass is 666 g/mol. The minimum atomic E-state index is -0.359. The summed E-state index contributed by atoms with van der Waals surface area (Å²) in [6, 6.07) is 7.90. The molecule has 0 atom stereocenters. The number of phenols is 2. The highest BCUT2D eigenvalue weighted by Crippen LogP contribution is 2.41. The van der Waals surface area contributed by atoms with Gasteiger partial charge in [0.05, 0.1) is 0 Å². The molecule has 0 amide bonds. The number of benzene rings is 2. The Kier molecular flexibility index (Phi) is 19.2. The number of aromatic hydroxyl groups is 2. The molecular weight excluding hydrogens is 600 g/mol. The van der Waals surface area contributed by atoms with Crippen molar-refractivity contribution in [1.29, 1.82) is 0 Å². The van der Waals surface area contributed by atoms with Crippen LogP contribution in [-0.2, 0) is 53.6 Å². The molecule has 0 aliphatic rings. The zero-order valence-electron chi connectivity index (χ0n) is 32.3. The van der Waals surface area contributed by atoms with Crippen molar-refractivity contribution >= 4 is 11.9 Å². The van der Waals surface area contributed by atoms with Crippen LogP contribution in [0.5, 0.6) is 11.5 Å². The number of carbonyl (C=O) groups excluding carboxylic acids is 2. The highest BCUT2D eigenvalue weighted by Gasteiger charge is 2.28. The van der Waals surface area contributed by atoms with E-state index < -0.39 is 0 Å². The summed E-state index contributed by atoms with van der Waals surface area (Å²) in [7, 11) is 0. The third kappa shape index (κ3) is 15.0. The third-order valence-electron chi connectivity index (χ3n) is 7.42. The van der Waals surface area contributed by atoms with Crippen molar-refractivity contribution in [3.63, 3.8) is 0 Å². The summed E-state index contributed by atoms with van der Waals surface area (Å²) in [5, 5.41) is 21.8. The molecular formula is C42H66O6. The van der Waals surface area contributed by atoms with E-state index in [9.17, 15) is 19.8 Å². The van der Waals surface area contributed by atoms with Crippen LogP contribution in [0.1, 0.15) is 129 Å². The van der Waals surface area contributed by atoms with Crippen LogP contribution >= 0.6 is 0 Å². The van der Waals surface area contributed by atoms with Crippen LogP contribution in [0.3, 0.4) is 0 Å². The van der Waals surface area contributed by atoms with Crippen molar-refractivity contribution in [2.45, 2.75) is 130 Å². The van der Waals surface area contributed by atoms with Gasteiger partial charge in [-0.25, -0.2) is 0 Å². The molecule has 2 aromatic carbocycles. The average molecular weight is 667 g/mol. The van der Waals surface area contributed by atoms with E-state index >= 15 is 0 Å². The van der Waals surface area contributed by atoms with Crippen molar-refractivity contribution in [3.05, 3.63) is 97.1 Å². The lowest BCUT2D eigenvalue weighted by molar-refractivity contribution is -0.152. The van der Waals surface area contributed by atoms with Crippen LogP contribution in [0.4, 0.5) is 0 Å². The SMILES string of the molecule is C=C.C=C.C=C.CC(C)(C)c1cc(CCC(=O)OCCOC(=O)CCc2cc(C(C)(C)C)c(O)c(C(C)(C)C)c2)cc(C(C)(C)C)c1O. The molecule has 270 valence electrons. The summed E-state index contributed by atoms with van der Waals surface area (Å²) in [6.07, 6.45) is 1.37. The maximum Gasteiger partial charge on any atom is 0.306 e. The molecule has 6 nitrogen and oxygen atoms in total. The molecule has 2 aromatic rings. The Morgan fingerprint density at radius 2 is 0.708 bits per heavy atom. The zero-order chi connectivity index (χ0) is 38.3. The first-order valence-electron chi connectivity index (χ1n) is 16.6. The molecule has 2 rings (SSSR count). The maximum atomic E-state index is 12.4. The molecule has 0 aliphatic carbocycles. The molecule has 2 N–H and O–H groups in total. The molecule has 0 unspecified atom stereocenters. The number of aryl methyl sites for hydroxylation is 2. The summed E-state index contributed by atoms with van der Waals surface area (Å²) in [5.74, 6) is -0.0832. The largest absolute Gasteiger partial charge is 0.507 e. The van der Waals surface area contributed by atoms with E-state index in [1.54, 1.807) is 0 Å². The van der Waals surface area contributed by atoms with E-state index in [4.69, 9.17) is 9.47 Å². The minimum absolute atomic E-state index is 0.00217. The quantitative estimate of drug-likeness (QED) is 0.157. The summed E-state index contributed by atoms with van der Waals surface area (Å²) < 4.78 is 10.6. The van der Waals surface area contributed by atoms with Crippen molar-refractivity contribution in [2.75, 3.05) is 13.2 Å². The number of ether oxygens (including phenoxy) is 2. The van der Waals surface area contributed by atoms with Gasteiger partial charge in [-0.15, -0.1) is 39.5 Å². The van der Waals surface area contributed by atoms with Gasteiger partial charge in [-0.3, -0.25) is 9.59 Å². The van der Waals surface area contributed by atoms with E-state index in [0.29, 0.717) is 24.3 Å². The number of hydrogen-bond donors (Lipinski definition) is 2. The molecule has 0 aromatic heterocycles. The van der Waals surface area contributed by atoms with Crippen molar-refractivity contribution in [3.8, 4) is 11.5 Å². The predicted octanol–water partition coefficient (Wildman–Crippen LogP) is 10.3. The second-order valence-electron chi connectivity index (χ2n) is 15.5. The van der Waals surface area contributed by atoms with Crippen LogP contribution in [0.15, 0.2) is 63.7 Å². The fourth-order valence-corrected chi connectivity index (χ4v) is 4.91. The fourth-order valence-electron chi connectivity index (χ4n) is 4.91. The lowest BCUT2D eigenvalue weighted by Crippen LogP contribution is -2.18. The van der Waals surface area contributed by atoms with Gasteiger partial charge in [0.25, 0.3) is 0 Å². The Morgan fingerprint density at radius 1 is 0.500 bits per heavy atom. The Hall–Kier alpha value is -3.80. The molecule has 0 saturated carbocycles. The molecule has 0 spiro atoms. The van der Waals surface area contributed by atoms with Gasteiger partial charge >= 0.3 is 11.9 Å². The number of phenolic OH excluding ortho intramolecular Hbond substituents is 2. The molecule has 6 heteroatoms. The van der Waals surface area contributed by atoms with Crippen LogP contribution in [-0.4, -0.2) is 35.4 Å². The van der Waals surface area contributed by atoms with Crippen LogP contribution in [0.25, 0.3) is 0 Å². The van der Waals surface area contributed by atoms with Crippen molar-refractivity contribution < 1.29 is 29.3 Å². The standard InChI is InChI=1S/C36H54O6.3C2H4/c1-33(2,3)25-19-23(20-26(31(25)39)34(4,5)6)13-15-29(37)41-17-18-42-30(38)16-14-24-21-27(35(7,8)9)32(40)28(22-24)36(10,11)12;3*1-2/h19-22,39-40H,13-18H2,1-12H3;3*1-2H2. The molecule has 0 aliphatic heterocycles. The zero-order valence-corrected chi connectivity index (χ0v) is 32.3. The summed E-state index contributed by atoms with van der Waals surface area (Å²) in [5.41, 5.74) is 4.45. The van der Waals surface area contributed by atoms with Crippen LogP contribution in [0, 0.1) is 0 Å². The van der Waals surface area contributed by atoms with Gasteiger partial charge < -0.3 is 19.7 Å². The normalized spacial score (nSPS) is 11.4. The Morgan fingerprint density at radius 3 is 0.896 bits per heavy atom. The van der Waals surface area contributed by atoms with E-state index in [0.717, 1.165) is 33.4 Å². The number of hydrogen-bond acceptors (Lipinski definition) is 6.